The Hall–Kier alpha value is -2.21. The summed E-state index contributed by atoms with van der Waals surface area (Å²) in [4.78, 5) is 16.9. The van der Waals surface area contributed by atoms with E-state index in [9.17, 15) is 4.79 Å². The van der Waals surface area contributed by atoms with Crippen LogP contribution in [0.15, 0.2) is 24.3 Å². The molecule has 1 atom stereocenters. The van der Waals surface area contributed by atoms with Crippen molar-refractivity contribution in [2.45, 2.75) is 26.7 Å². The SMILES string of the molecule is Cc1ccc(-n2nnc(C(=O)N(C)CC3CCCN(C)C3)c2C)cc1. The van der Waals surface area contributed by atoms with Crippen LogP contribution in [0.4, 0.5) is 0 Å². The van der Waals surface area contributed by atoms with Gasteiger partial charge in [0.25, 0.3) is 5.91 Å². The van der Waals surface area contributed by atoms with Crippen LogP contribution in [-0.2, 0) is 0 Å². The van der Waals surface area contributed by atoms with Crippen LogP contribution < -0.4 is 0 Å². The molecule has 1 aromatic carbocycles. The number of rotatable bonds is 4. The quantitative estimate of drug-likeness (QED) is 0.856. The van der Waals surface area contributed by atoms with Crippen LogP contribution >= 0.6 is 0 Å². The number of piperidine rings is 1. The molecule has 0 spiro atoms. The molecule has 0 N–H and O–H groups in total. The Morgan fingerprint density at radius 2 is 2.00 bits per heavy atom. The molecule has 0 radical (unpaired) electrons. The third-order valence-electron chi connectivity index (χ3n) is 4.98. The van der Waals surface area contributed by atoms with Gasteiger partial charge in [0.15, 0.2) is 5.69 Å². The highest BCUT2D eigenvalue weighted by Crippen LogP contribution is 2.18. The van der Waals surface area contributed by atoms with Crippen LogP contribution in [0.1, 0.15) is 34.6 Å². The summed E-state index contributed by atoms with van der Waals surface area (Å²) in [6.07, 6.45) is 2.38. The second-order valence-electron chi connectivity index (χ2n) is 7.23. The van der Waals surface area contributed by atoms with Crippen LogP contribution in [-0.4, -0.2) is 64.4 Å². The van der Waals surface area contributed by atoms with Gasteiger partial charge in [-0.25, -0.2) is 4.68 Å². The van der Waals surface area contributed by atoms with E-state index < -0.39 is 0 Å². The number of nitrogens with zero attached hydrogens (tertiary/aromatic N) is 5. The van der Waals surface area contributed by atoms with Crippen molar-refractivity contribution in [2.24, 2.45) is 5.92 Å². The predicted molar refractivity (Wildman–Crippen MR) is 98.0 cm³/mol. The topological polar surface area (TPSA) is 54.3 Å². The van der Waals surface area contributed by atoms with Gasteiger partial charge in [0.2, 0.25) is 0 Å². The Labute approximate surface area is 149 Å². The van der Waals surface area contributed by atoms with E-state index in [2.05, 4.69) is 22.3 Å². The third-order valence-corrected chi connectivity index (χ3v) is 4.98. The number of carbonyl (C=O) groups excluding carboxylic acids is 1. The molecule has 6 heteroatoms. The molecule has 1 fully saturated rings. The van der Waals surface area contributed by atoms with E-state index in [1.54, 1.807) is 9.58 Å². The molecular formula is C19H27N5O. The number of aryl methyl sites for hydroxylation is 1. The van der Waals surface area contributed by atoms with Gasteiger partial charge in [-0.2, -0.15) is 0 Å². The fraction of sp³-hybridized carbons (Fsp3) is 0.526. The fourth-order valence-electron chi connectivity index (χ4n) is 3.53. The summed E-state index contributed by atoms with van der Waals surface area (Å²) in [7, 11) is 4.01. The van der Waals surface area contributed by atoms with Gasteiger partial charge in [0.1, 0.15) is 0 Å². The lowest BCUT2D eigenvalue weighted by atomic mass is 9.98. The maximum absolute atomic E-state index is 12.8. The molecule has 2 aromatic rings. The molecule has 1 aliphatic heterocycles. The molecule has 0 saturated carbocycles. The third kappa shape index (κ3) is 3.90. The Morgan fingerprint density at radius 1 is 1.28 bits per heavy atom. The maximum atomic E-state index is 12.8. The Morgan fingerprint density at radius 3 is 2.68 bits per heavy atom. The van der Waals surface area contributed by atoms with Crippen LogP contribution in [0.5, 0.6) is 0 Å². The minimum absolute atomic E-state index is 0.0518. The number of benzene rings is 1. The molecule has 3 rings (SSSR count). The summed E-state index contributed by atoms with van der Waals surface area (Å²) in [5.41, 5.74) is 3.33. The minimum atomic E-state index is -0.0518. The normalized spacial score (nSPS) is 18.3. The van der Waals surface area contributed by atoms with E-state index in [4.69, 9.17) is 0 Å². The monoisotopic (exact) mass is 341 g/mol. The molecule has 0 aliphatic carbocycles. The molecule has 2 heterocycles. The van der Waals surface area contributed by atoms with Gasteiger partial charge in [-0.1, -0.05) is 22.9 Å². The van der Waals surface area contributed by atoms with Crippen molar-refractivity contribution in [2.75, 3.05) is 33.7 Å². The fourth-order valence-corrected chi connectivity index (χ4v) is 3.53. The summed E-state index contributed by atoms with van der Waals surface area (Å²) < 4.78 is 1.73. The standard InChI is InChI=1S/C19H27N5O/c1-14-7-9-17(10-8-14)24-15(2)18(20-21-24)19(25)23(4)13-16-6-5-11-22(3)12-16/h7-10,16H,5-6,11-13H2,1-4H3. The van der Waals surface area contributed by atoms with Gasteiger partial charge in [0, 0.05) is 20.1 Å². The van der Waals surface area contributed by atoms with Gasteiger partial charge in [-0.15, -0.1) is 5.10 Å². The predicted octanol–water partition coefficient (Wildman–Crippen LogP) is 2.30. The van der Waals surface area contributed by atoms with Crippen molar-refractivity contribution in [3.8, 4) is 5.69 Å². The minimum Gasteiger partial charge on any atom is -0.340 e. The Balaban J connectivity index is 1.73. The van der Waals surface area contributed by atoms with Crippen molar-refractivity contribution in [3.63, 3.8) is 0 Å². The zero-order valence-corrected chi connectivity index (χ0v) is 15.6. The maximum Gasteiger partial charge on any atom is 0.276 e. The first-order valence-electron chi connectivity index (χ1n) is 8.89. The summed E-state index contributed by atoms with van der Waals surface area (Å²) in [6.45, 7) is 6.91. The van der Waals surface area contributed by atoms with E-state index >= 15 is 0 Å². The molecule has 1 aliphatic rings. The number of likely N-dealkylation sites (tertiary alicyclic amines) is 1. The molecule has 1 saturated heterocycles. The summed E-state index contributed by atoms with van der Waals surface area (Å²) in [6, 6.07) is 8.05. The second kappa shape index (κ2) is 7.35. The molecule has 0 bridgehead atoms. The van der Waals surface area contributed by atoms with Gasteiger partial charge in [0.05, 0.1) is 11.4 Å². The molecule has 1 aromatic heterocycles. The van der Waals surface area contributed by atoms with Gasteiger partial charge >= 0.3 is 0 Å². The lowest BCUT2D eigenvalue weighted by Gasteiger charge is -2.32. The molecule has 6 nitrogen and oxygen atoms in total. The number of hydrogen-bond donors (Lipinski definition) is 0. The lowest BCUT2D eigenvalue weighted by Crippen LogP contribution is -2.40. The second-order valence-corrected chi connectivity index (χ2v) is 7.23. The highest BCUT2D eigenvalue weighted by molar-refractivity contribution is 5.93. The zero-order chi connectivity index (χ0) is 18.0. The van der Waals surface area contributed by atoms with Crippen molar-refractivity contribution in [1.82, 2.24) is 24.8 Å². The number of hydrogen-bond acceptors (Lipinski definition) is 4. The Kier molecular flexibility index (Phi) is 5.18. The lowest BCUT2D eigenvalue weighted by molar-refractivity contribution is 0.0734. The molecular weight excluding hydrogens is 314 g/mol. The van der Waals surface area contributed by atoms with Crippen molar-refractivity contribution >= 4 is 5.91 Å². The summed E-state index contributed by atoms with van der Waals surface area (Å²) in [5, 5.41) is 8.34. The highest BCUT2D eigenvalue weighted by atomic mass is 16.2. The first-order chi connectivity index (χ1) is 12.0. The van der Waals surface area contributed by atoms with Crippen LogP contribution in [0.3, 0.4) is 0 Å². The van der Waals surface area contributed by atoms with E-state index in [1.165, 1.54) is 18.4 Å². The van der Waals surface area contributed by atoms with Crippen LogP contribution in [0.2, 0.25) is 0 Å². The first-order valence-corrected chi connectivity index (χ1v) is 8.89. The largest absolute Gasteiger partial charge is 0.340 e. The van der Waals surface area contributed by atoms with Gasteiger partial charge < -0.3 is 9.80 Å². The van der Waals surface area contributed by atoms with Crippen molar-refractivity contribution in [1.29, 1.82) is 0 Å². The highest BCUT2D eigenvalue weighted by Gasteiger charge is 2.24. The average molecular weight is 341 g/mol. The number of carbonyl (C=O) groups is 1. The summed E-state index contributed by atoms with van der Waals surface area (Å²) in [5.74, 6) is 0.476. The Bertz CT molecular complexity index is 737. The molecule has 134 valence electrons. The van der Waals surface area contributed by atoms with E-state index in [0.717, 1.165) is 31.0 Å². The van der Waals surface area contributed by atoms with Gasteiger partial charge in [-0.3, -0.25) is 4.79 Å². The van der Waals surface area contributed by atoms with Crippen LogP contribution in [0, 0.1) is 19.8 Å². The van der Waals surface area contributed by atoms with E-state index in [1.807, 2.05) is 45.2 Å². The van der Waals surface area contributed by atoms with Crippen molar-refractivity contribution in [3.05, 3.63) is 41.2 Å². The molecule has 1 unspecified atom stereocenters. The number of aromatic nitrogens is 3. The molecule has 1 amide bonds. The van der Waals surface area contributed by atoms with Gasteiger partial charge in [-0.05, 0) is 58.3 Å². The van der Waals surface area contributed by atoms with Crippen molar-refractivity contribution < 1.29 is 4.79 Å². The first kappa shape index (κ1) is 17.6. The smallest absolute Gasteiger partial charge is 0.276 e. The zero-order valence-electron chi connectivity index (χ0n) is 15.6. The van der Waals surface area contributed by atoms with Crippen LogP contribution in [0.25, 0.3) is 5.69 Å². The number of amides is 1. The average Bonchev–Trinajstić information content (AvgIpc) is 2.96. The molecule has 25 heavy (non-hydrogen) atoms. The van der Waals surface area contributed by atoms with E-state index in [-0.39, 0.29) is 5.91 Å². The van der Waals surface area contributed by atoms with E-state index in [0.29, 0.717) is 11.6 Å². The summed E-state index contributed by atoms with van der Waals surface area (Å²) >= 11 is 0.